The van der Waals surface area contributed by atoms with Crippen molar-refractivity contribution in [3.05, 3.63) is 11.6 Å². The van der Waals surface area contributed by atoms with Crippen molar-refractivity contribution < 1.29 is 4.11 Å². The second-order valence-corrected chi connectivity index (χ2v) is 2.38. The first-order valence-electron chi connectivity index (χ1n) is 4.20. The molecule has 1 aliphatic rings. The monoisotopic (exact) mass is 142 g/mol. The Hall–Kier alpha value is -0.500. The minimum Gasteiger partial charge on any atom is -0.246 e. The molecule has 9 heavy (non-hydrogen) atoms. The minimum atomic E-state index is -2.05. The van der Waals surface area contributed by atoms with Crippen molar-refractivity contribution in [2.45, 2.75) is 20.2 Å². The number of aliphatic imine (C=N–C) groups is 1. The maximum atomic E-state index is 7.16. The van der Waals surface area contributed by atoms with Gasteiger partial charge in [-0.2, -0.15) is 0 Å². The van der Waals surface area contributed by atoms with Gasteiger partial charge >= 0.3 is 0 Å². The van der Waals surface area contributed by atoms with Gasteiger partial charge in [-0.05, 0) is 19.3 Å². The molecular formula is C7H9NS. The third-order valence-electron chi connectivity index (χ3n) is 1.16. The van der Waals surface area contributed by atoms with E-state index in [1.807, 2.05) is 0 Å². The van der Waals surface area contributed by atoms with Gasteiger partial charge in [-0.25, -0.2) is 4.99 Å². The molecule has 1 heterocycles. The highest BCUT2D eigenvalue weighted by Gasteiger charge is 2.02. The zero-order valence-electron chi connectivity index (χ0n) is 8.14. The zero-order chi connectivity index (χ0) is 9.35. The van der Waals surface area contributed by atoms with Crippen LogP contribution in [0.15, 0.2) is 16.6 Å². The Morgan fingerprint density at radius 3 is 3.22 bits per heavy atom. The van der Waals surface area contributed by atoms with E-state index in [0.717, 1.165) is 0 Å². The summed E-state index contributed by atoms with van der Waals surface area (Å²) in [5, 5.41) is 0. The van der Waals surface area contributed by atoms with Crippen LogP contribution in [0.25, 0.3) is 0 Å². The van der Waals surface area contributed by atoms with E-state index in [1.54, 1.807) is 13.0 Å². The summed E-state index contributed by atoms with van der Waals surface area (Å²) >= 11 is 4.84. The number of allylic oxidation sites excluding steroid dienone is 1. The van der Waals surface area contributed by atoms with Gasteiger partial charge in [0.1, 0.15) is 4.99 Å². The Balaban J connectivity index is 2.96. The smallest absolute Gasteiger partial charge is 0.107 e. The largest absolute Gasteiger partial charge is 0.246 e. The van der Waals surface area contributed by atoms with Crippen LogP contribution in [0.5, 0.6) is 0 Å². The molecular weight excluding hydrogens is 130 g/mol. The predicted molar refractivity (Wildman–Crippen MR) is 44.1 cm³/mol. The van der Waals surface area contributed by atoms with E-state index < -0.39 is 6.85 Å². The average Bonchev–Trinajstić information content (AvgIpc) is 1.83. The first-order chi connectivity index (χ1) is 5.41. The fourth-order valence-electron chi connectivity index (χ4n) is 0.630. The van der Waals surface area contributed by atoms with Crippen molar-refractivity contribution in [3.8, 4) is 0 Å². The lowest BCUT2D eigenvalue weighted by Crippen LogP contribution is -2.04. The summed E-state index contributed by atoms with van der Waals surface area (Å²) in [6, 6.07) is 0. The van der Waals surface area contributed by atoms with Crippen molar-refractivity contribution in [1.82, 2.24) is 0 Å². The minimum absolute atomic E-state index is 0.330. The molecule has 0 saturated carbocycles. The summed E-state index contributed by atoms with van der Waals surface area (Å²) in [7, 11) is 0. The Bertz CT molecular complexity index is 275. The molecule has 1 nitrogen and oxygen atoms in total. The molecule has 0 spiro atoms. The van der Waals surface area contributed by atoms with E-state index in [-0.39, 0.29) is 0 Å². The average molecular weight is 142 g/mol. The van der Waals surface area contributed by atoms with Crippen molar-refractivity contribution >= 4 is 22.9 Å². The quantitative estimate of drug-likeness (QED) is 0.472. The van der Waals surface area contributed by atoms with Crippen LogP contribution in [0.3, 0.4) is 0 Å². The molecule has 0 atom stereocenters. The highest BCUT2D eigenvalue weighted by molar-refractivity contribution is 7.80. The van der Waals surface area contributed by atoms with Crippen molar-refractivity contribution in [1.29, 1.82) is 0 Å². The van der Waals surface area contributed by atoms with E-state index >= 15 is 0 Å². The third kappa shape index (κ3) is 1.45. The number of dihydropyridines is 1. The number of rotatable bonds is 0. The van der Waals surface area contributed by atoms with Crippen LogP contribution in [0.4, 0.5) is 0 Å². The van der Waals surface area contributed by atoms with Crippen LogP contribution in [-0.2, 0) is 0 Å². The molecule has 1 aliphatic heterocycles. The first kappa shape index (κ1) is 3.62. The third-order valence-corrected chi connectivity index (χ3v) is 1.42. The van der Waals surface area contributed by atoms with Crippen molar-refractivity contribution in [3.63, 3.8) is 0 Å². The van der Waals surface area contributed by atoms with E-state index in [1.165, 1.54) is 0 Å². The van der Waals surface area contributed by atoms with E-state index in [4.69, 9.17) is 16.3 Å². The van der Waals surface area contributed by atoms with Gasteiger partial charge in [0.15, 0.2) is 0 Å². The molecule has 0 unspecified atom stereocenters. The van der Waals surface area contributed by atoms with E-state index in [2.05, 4.69) is 4.99 Å². The standard InChI is InChI=1S/C7H9NS/c1-5-3-4-7(9)8-6(5)2/h3H,4H2,1-2H3/i1D3. The van der Waals surface area contributed by atoms with Crippen LogP contribution in [-0.4, -0.2) is 10.7 Å². The van der Waals surface area contributed by atoms with Crippen LogP contribution < -0.4 is 0 Å². The van der Waals surface area contributed by atoms with Gasteiger partial charge in [0, 0.05) is 16.2 Å². The highest BCUT2D eigenvalue weighted by atomic mass is 32.1. The topological polar surface area (TPSA) is 12.4 Å². The summed E-state index contributed by atoms with van der Waals surface area (Å²) in [5.41, 5.74) is 0.849. The predicted octanol–water partition coefficient (Wildman–Crippen LogP) is 2.12. The summed E-state index contributed by atoms with van der Waals surface area (Å²) in [4.78, 5) is 4.51. The van der Waals surface area contributed by atoms with Crippen LogP contribution in [0, 0.1) is 0 Å². The lowest BCUT2D eigenvalue weighted by atomic mass is 10.1. The van der Waals surface area contributed by atoms with E-state index in [0.29, 0.717) is 22.7 Å². The molecule has 48 valence electrons. The maximum Gasteiger partial charge on any atom is 0.107 e. The molecule has 0 bridgehead atoms. The van der Waals surface area contributed by atoms with Crippen LogP contribution >= 0.6 is 12.2 Å². The van der Waals surface area contributed by atoms with Gasteiger partial charge in [0.25, 0.3) is 0 Å². The Labute approximate surface area is 64.7 Å². The molecule has 1 rings (SSSR count). The normalized spacial score (nSPS) is 25.4. The van der Waals surface area contributed by atoms with Gasteiger partial charge in [0.2, 0.25) is 0 Å². The second kappa shape index (κ2) is 2.40. The Kier molecular flexibility index (Phi) is 0.962. The molecule has 0 saturated heterocycles. The zero-order valence-corrected chi connectivity index (χ0v) is 5.96. The molecule has 0 aliphatic carbocycles. The Morgan fingerprint density at radius 2 is 2.67 bits per heavy atom. The first-order valence-corrected chi connectivity index (χ1v) is 3.11. The van der Waals surface area contributed by atoms with Gasteiger partial charge in [-0.1, -0.05) is 18.3 Å². The van der Waals surface area contributed by atoms with E-state index in [9.17, 15) is 0 Å². The summed E-state index contributed by atoms with van der Waals surface area (Å²) in [5.74, 6) is 0. The lowest BCUT2D eigenvalue weighted by Gasteiger charge is -2.06. The van der Waals surface area contributed by atoms with Gasteiger partial charge in [-0.3, -0.25) is 0 Å². The van der Waals surface area contributed by atoms with Crippen molar-refractivity contribution in [2.24, 2.45) is 4.99 Å². The molecule has 0 aromatic heterocycles. The number of hydrogen-bond acceptors (Lipinski definition) is 1. The fraction of sp³-hybridized carbons (Fsp3) is 0.429. The van der Waals surface area contributed by atoms with Crippen LogP contribution in [0.1, 0.15) is 24.3 Å². The SMILES string of the molecule is [2H]C([2H])([2H])C1=CCC(=S)N=C1C. The Morgan fingerprint density at radius 1 is 1.89 bits per heavy atom. The second-order valence-electron chi connectivity index (χ2n) is 1.91. The summed E-state index contributed by atoms with van der Waals surface area (Å²) < 4.78 is 21.5. The summed E-state index contributed by atoms with van der Waals surface area (Å²) in [6.45, 7) is -0.382. The number of hydrogen-bond donors (Lipinski definition) is 0. The fourth-order valence-corrected chi connectivity index (χ4v) is 0.850. The number of nitrogens with zero attached hydrogens (tertiary/aromatic N) is 1. The van der Waals surface area contributed by atoms with Gasteiger partial charge in [0.05, 0.1) is 0 Å². The molecule has 2 heteroatoms. The highest BCUT2D eigenvalue weighted by Crippen LogP contribution is 2.07. The number of thiocarbonyl (C=S) groups is 1. The molecule has 0 radical (unpaired) electrons. The maximum absolute atomic E-state index is 7.16. The molecule has 0 fully saturated rings. The summed E-state index contributed by atoms with van der Waals surface area (Å²) in [6.07, 6.45) is 2.11. The van der Waals surface area contributed by atoms with Crippen molar-refractivity contribution in [2.75, 3.05) is 0 Å². The van der Waals surface area contributed by atoms with Gasteiger partial charge < -0.3 is 0 Å². The molecule has 0 N–H and O–H groups in total. The lowest BCUT2D eigenvalue weighted by molar-refractivity contribution is 1.34. The molecule has 0 amide bonds. The van der Waals surface area contributed by atoms with Gasteiger partial charge in [-0.15, -0.1) is 0 Å². The molecule has 0 aromatic carbocycles. The van der Waals surface area contributed by atoms with Crippen LogP contribution in [0.2, 0.25) is 0 Å². The molecule has 0 aromatic rings.